The van der Waals surface area contributed by atoms with Crippen LogP contribution in [0.4, 0.5) is 11.5 Å². The number of benzene rings is 1. The number of aromatic nitrogens is 1. The summed E-state index contributed by atoms with van der Waals surface area (Å²) in [7, 11) is 0. The first kappa shape index (κ1) is 14.9. The Labute approximate surface area is 122 Å². The molecule has 0 saturated heterocycles. The standard InChI is InChI=1S/C15H17N3O3/c1-2-3-4-9-12(19)13-10-7-5-6-8-11(10)17-15(14(13)16)18(20)21/h5-8H,2-4,9,16H2,1H3. The second-order valence-corrected chi connectivity index (χ2v) is 4.88. The van der Waals surface area contributed by atoms with Crippen LogP contribution in [-0.4, -0.2) is 15.7 Å². The summed E-state index contributed by atoms with van der Waals surface area (Å²) in [4.78, 5) is 26.7. The molecule has 1 heterocycles. The third-order valence-electron chi connectivity index (χ3n) is 3.37. The quantitative estimate of drug-likeness (QED) is 0.379. The van der Waals surface area contributed by atoms with Crippen molar-refractivity contribution in [2.45, 2.75) is 32.6 Å². The van der Waals surface area contributed by atoms with Crippen molar-refractivity contribution < 1.29 is 9.72 Å². The molecule has 21 heavy (non-hydrogen) atoms. The molecular formula is C15H17N3O3. The van der Waals surface area contributed by atoms with E-state index in [1.165, 1.54) is 0 Å². The first-order chi connectivity index (χ1) is 10.1. The van der Waals surface area contributed by atoms with E-state index >= 15 is 0 Å². The fourth-order valence-electron chi connectivity index (χ4n) is 2.31. The molecule has 2 aromatic rings. The number of hydrogen-bond acceptors (Lipinski definition) is 5. The smallest absolute Gasteiger partial charge is 0.388 e. The maximum absolute atomic E-state index is 12.4. The van der Waals surface area contributed by atoms with Crippen LogP contribution in [0.3, 0.4) is 0 Å². The summed E-state index contributed by atoms with van der Waals surface area (Å²) in [5, 5.41) is 11.6. The molecule has 0 aliphatic heterocycles. The van der Waals surface area contributed by atoms with E-state index in [9.17, 15) is 14.9 Å². The molecule has 0 radical (unpaired) electrons. The van der Waals surface area contributed by atoms with Gasteiger partial charge < -0.3 is 15.8 Å². The summed E-state index contributed by atoms with van der Waals surface area (Å²) in [6, 6.07) is 6.85. The van der Waals surface area contributed by atoms with Crippen LogP contribution in [0.1, 0.15) is 43.0 Å². The van der Waals surface area contributed by atoms with Gasteiger partial charge in [-0.05, 0) is 28.5 Å². The predicted molar refractivity (Wildman–Crippen MR) is 81.3 cm³/mol. The Morgan fingerprint density at radius 2 is 2.05 bits per heavy atom. The van der Waals surface area contributed by atoms with Gasteiger partial charge in [-0.1, -0.05) is 31.9 Å². The van der Waals surface area contributed by atoms with Gasteiger partial charge in [-0.15, -0.1) is 0 Å². The van der Waals surface area contributed by atoms with Crippen molar-refractivity contribution >= 4 is 28.2 Å². The Morgan fingerprint density at radius 3 is 2.71 bits per heavy atom. The number of carbonyl (C=O) groups is 1. The number of pyridine rings is 1. The van der Waals surface area contributed by atoms with E-state index in [1.54, 1.807) is 24.3 Å². The number of hydrogen-bond donors (Lipinski definition) is 1. The highest BCUT2D eigenvalue weighted by Crippen LogP contribution is 2.31. The van der Waals surface area contributed by atoms with Gasteiger partial charge in [0.25, 0.3) is 0 Å². The number of para-hydroxylation sites is 1. The number of rotatable bonds is 6. The van der Waals surface area contributed by atoms with E-state index in [1.807, 2.05) is 6.92 Å². The third-order valence-corrected chi connectivity index (χ3v) is 3.37. The number of nitro groups is 1. The lowest BCUT2D eigenvalue weighted by molar-refractivity contribution is -0.388. The Morgan fingerprint density at radius 1 is 1.33 bits per heavy atom. The minimum absolute atomic E-state index is 0.139. The summed E-state index contributed by atoms with van der Waals surface area (Å²) in [6.45, 7) is 2.05. The largest absolute Gasteiger partial charge is 0.391 e. The van der Waals surface area contributed by atoms with Crippen LogP contribution >= 0.6 is 0 Å². The summed E-state index contributed by atoms with van der Waals surface area (Å²) < 4.78 is 0. The van der Waals surface area contributed by atoms with E-state index in [0.29, 0.717) is 17.3 Å². The van der Waals surface area contributed by atoms with Gasteiger partial charge in [0.2, 0.25) is 0 Å². The highest BCUT2D eigenvalue weighted by Gasteiger charge is 2.25. The average Bonchev–Trinajstić information content (AvgIpc) is 2.46. The van der Waals surface area contributed by atoms with Crippen molar-refractivity contribution in [3.05, 3.63) is 39.9 Å². The van der Waals surface area contributed by atoms with Crippen LogP contribution in [0.25, 0.3) is 10.9 Å². The van der Waals surface area contributed by atoms with E-state index in [0.717, 1.165) is 19.3 Å². The fraction of sp³-hybridized carbons (Fsp3) is 0.333. The van der Waals surface area contributed by atoms with Gasteiger partial charge in [-0.25, -0.2) is 0 Å². The number of carbonyl (C=O) groups excluding carboxylic acids is 1. The normalized spacial score (nSPS) is 10.7. The molecular weight excluding hydrogens is 270 g/mol. The molecule has 6 heteroatoms. The zero-order valence-electron chi connectivity index (χ0n) is 11.8. The van der Waals surface area contributed by atoms with E-state index in [2.05, 4.69) is 4.98 Å². The molecule has 6 nitrogen and oxygen atoms in total. The zero-order valence-corrected chi connectivity index (χ0v) is 11.8. The molecule has 2 rings (SSSR count). The summed E-state index contributed by atoms with van der Waals surface area (Å²) in [5.74, 6) is -0.616. The number of ketones is 1. The van der Waals surface area contributed by atoms with Crippen LogP contribution in [0.5, 0.6) is 0 Å². The topological polar surface area (TPSA) is 99.1 Å². The maximum atomic E-state index is 12.4. The maximum Gasteiger partial charge on any atom is 0.388 e. The van der Waals surface area contributed by atoms with Gasteiger partial charge in [0.1, 0.15) is 5.69 Å². The highest BCUT2D eigenvalue weighted by molar-refractivity contribution is 6.12. The number of unbranched alkanes of at least 4 members (excludes halogenated alkanes) is 2. The monoisotopic (exact) mass is 287 g/mol. The Balaban J connectivity index is 2.56. The second kappa shape index (κ2) is 6.30. The number of Topliss-reactive ketones (excluding diaryl/α,β-unsaturated/α-hetero) is 1. The van der Waals surface area contributed by atoms with E-state index < -0.39 is 10.7 Å². The highest BCUT2D eigenvalue weighted by atomic mass is 16.6. The fourth-order valence-corrected chi connectivity index (χ4v) is 2.31. The number of fused-ring (bicyclic) bond motifs is 1. The summed E-state index contributed by atoms with van der Waals surface area (Å²) >= 11 is 0. The summed E-state index contributed by atoms with van der Waals surface area (Å²) in [6.07, 6.45) is 3.03. The Bertz CT molecular complexity index is 698. The first-order valence-electron chi connectivity index (χ1n) is 6.92. The molecule has 0 aliphatic rings. The lowest BCUT2D eigenvalue weighted by Gasteiger charge is -2.08. The van der Waals surface area contributed by atoms with Crippen LogP contribution in [0.2, 0.25) is 0 Å². The number of nitrogens with two attached hydrogens (primary N) is 1. The van der Waals surface area contributed by atoms with Crippen LogP contribution in [0, 0.1) is 10.1 Å². The third kappa shape index (κ3) is 2.99. The molecule has 0 unspecified atom stereocenters. The first-order valence-corrected chi connectivity index (χ1v) is 6.92. The Kier molecular flexibility index (Phi) is 4.47. The van der Waals surface area contributed by atoms with Crippen molar-refractivity contribution in [1.29, 1.82) is 0 Å². The van der Waals surface area contributed by atoms with E-state index in [4.69, 9.17) is 5.73 Å². The molecule has 1 aromatic carbocycles. The number of nitrogen functional groups attached to an aromatic ring is 1. The van der Waals surface area contributed by atoms with Gasteiger partial charge in [0.05, 0.1) is 5.56 Å². The van der Waals surface area contributed by atoms with Crippen molar-refractivity contribution in [2.75, 3.05) is 5.73 Å². The molecule has 110 valence electrons. The SMILES string of the molecule is CCCCCC(=O)c1c(N)c([N+](=O)[O-])nc2ccccc12. The molecule has 0 aliphatic carbocycles. The molecule has 0 atom stereocenters. The predicted octanol–water partition coefficient (Wildman–Crippen LogP) is 3.49. The number of anilines is 1. The molecule has 0 bridgehead atoms. The van der Waals surface area contributed by atoms with Crippen LogP contribution in [0.15, 0.2) is 24.3 Å². The molecule has 0 spiro atoms. The average molecular weight is 287 g/mol. The molecule has 1 aromatic heterocycles. The summed E-state index contributed by atoms with van der Waals surface area (Å²) in [5.41, 5.74) is 6.33. The van der Waals surface area contributed by atoms with Crippen molar-refractivity contribution in [3.63, 3.8) is 0 Å². The molecule has 0 fully saturated rings. The number of nitrogens with zero attached hydrogens (tertiary/aromatic N) is 2. The minimum atomic E-state index is -0.648. The van der Waals surface area contributed by atoms with Gasteiger partial charge in [0.15, 0.2) is 11.3 Å². The van der Waals surface area contributed by atoms with Crippen molar-refractivity contribution in [3.8, 4) is 0 Å². The van der Waals surface area contributed by atoms with Crippen molar-refractivity contribution in [1.82, 2.24) is 4.98 Å². The van der Waals surface area contributed by atoms with Crippen LogP contribution in [-0.2, 0) is 0 Å². The van der Waals surface area contributed by atoms with Gasteiger partial charge in [0, 0.05) is 11.8 Å². The minimum Gasteiger partial charge on any atom is -0.391 e. The Hall–Kier alpha value is -2.50. The van der Waals surface area contributed by atoms with Crippen molar-refractivity contribution in [2.24, 2.45) is 0 Å². The lowest BCUT2D eigenvalue weighted by Crippen LogP contribution is -2.09. The van der Waals surface area contributed by atoms with Gasteiger partial charge in [-0.3, -0.25) is 4.79 Å². The van der Waals surface area contributed by atoms with Gasteiger partial charge >= 0.3 is 5.82 Å². The molecule has 0 amide bonds. The zero-order chi connectivity index (χ0) is 15.4. The second-order valence-electron chi connectivity index (χ2n) is 4.88. The van der Waals surface area contributed by atoms with E-state index in [-0.39, 0.29) is 17.0 Å². The lowest BCUT2D eigenvalue weighted by atomic mass is 9.99. The van der Waals surface area contributed by atoms with Crippen LogP contribution < -0.4 is 5.73 Å². The van der Waals surface area contributed by atoms with Gasteiger partial charge in [-0.2, -0.15) is 0 Å². The molecule has 0 saturated carbocycles. The molecule has 2 N–H and O–H groups in total.